The number of aromatic amines is 2. The number of carboxylic acid groups (broad SMARTS) is 1. The molecule has 0 aromatic carbocycles. The zero-order valence-electron chi connectivity index (χ0n) is 58.0. The highest BCUT2D eigenvalue weighted by atomic mass is 32.1. The van der Waals surface area contributed by atoms with Gasteiger partial charge in [0.15, 0.2) is 5.78 Å². The van der Waals surface area contributed by atoms with Crippen LogP contribution in [0, 0.1) is 31.1 Å². The molecular formula is C43H59B37N9O8S2. The summed E-state index contributed by atoms with van der Waals surface area (Å²) >= 11 is 2.74. The van der Waals surface area contributed by atoms with Crippen LogP contribution in [0.4, 0.5) is 23.5 Å². The summed E-state index contributed by atoms with van der Waals surface area (Å²) in [6, 6.07) is 2.76. The number of carbonyl (C=O) groups is 4. The van der Waals surface area contributed by atoms with E-state index in [1.54, 1.807) is 61.7 Å². The number of aryl methyl sites for hydroxylation is 4. The van der Waals surface area contributed by atoms with Crippen molar-refractivity contribution in [2.75, 3.05) is 35.2 Å². The van der Waals surface area contributed by atoms with E-state index in [0.717, 1.165) is 53.1 Å². The molecule has 0 spiro atoms. The molecule has 0 unspecified atom stereocenters. The number of thiophene rings is 2. The zero-order valence-corrected chi connectivity index (χ0v) is 59.6. The number of carboxylic acids is 1. The second-order valence-electron chi connectivity index (χ2n) is 27.3. The molecule has 0 saturated carbocycles. The Morgan fingerprint density at radius 2 is 1.00 bits per heavy atom. The van der Waals surface area contributed by atoms with E-state index in [1.165, 1.54) is 29.7 Å². The van der Waals surface area contributed by atoms with Crippen LogP contribution in [0.2, 0.25) is 0 Å². The Morgan fingerprint density at radius 1 is 0.616 bits per heavy atom. The fraction of sp³-hybridized carbons (Fsp3) is 0.535. The number of esters is 1. The summed E-state index contributed by atoms with van der Waals surface area (Å²) in [5, 5.41) is 18.3. The van der Waals surface area contributed by atoms with E-state index in [0.29, 0.717) is 57.8 Å². The number of nitrogens with one attached hydrogen (secondary N) is 5. The first-order valence-electron chi connectivity index (χ1n) is 32.4. The third-order valence-electron chi connectivity index (χ3n) is 16.6. The number of Topliss-reactive ketones (excluding diaryl/α,β-unsaturated/α-hetero) is 1. The van der Waals surface area contributed by atoms with E-state index >= 15 is 0 Å². The van der Waals surface area contributed by atoms with Gasteiger partial charge < -0.3 is 37.3 Å². The van der Waals surface area contributed by atoms with E-state index in [1.807, 2.05) is 19.9 Å². The first-order valence-corrected chi connectivity index (χ1v) is 34.0. The number of nitrogen functional groups attached to an aromatic ring is 2. The van der Waals surface area contributed by atoms with Crippen molar-refractivity contribution in [3.8, 4) is 0 Å². The van der Waals surface area contributed by atoms with Gasteiger partial charge in [0, 0.05) is 299 Å². The Labute approximate surface area is 628 Å². The van der Waals surface area contributed by atoms with Gasteiger partial charge in [0.25, 0.3) is 17.0 Å². The molecule has 0 aliphatic carbocycles. The summed E-state index contributed by atoms with van der Waals surface area (Å²) in [4.78, 5) is 90.3. The number of fused-ring (bicyclic) bond motifs is 2. The summed E-state index contributed by atoms with van der Waals surface area (Å²) in [7, 11) is 112. The summed E-state index contributed by atoms with van der Waals surface area (Å²) in [6.07, 6.45) is -5.06. The number of aromatic carboxylic acids is 1. The number of nitrogens with zero attached hydrogens (tertiary/aromatic N) is 2. The normalized spacial score (nSPS) is 13.6. The Morgan fingerprint density at radius 3 is 1.34 bits per heavy atom. The third-order valence-corrected chi connectivity index (χ3v) is 19.2. The number of anilines is 4. The maximum Gasteiger partial charge on any atom is 0.345 e. The zero-order chi connectivity index (χ0) is 75.5. The predicted octanol–water partition coefficient (Wildman–Crippen LogP) is -8.68. The van der Waals surface area contributed by atoms with Crippen LogP contribution in [-0.2, 0) is 40.0 Å². The van der Waals surface area contributed by atoms with Crippen molar-refractivity contribution in [3.05, 3.63) is 74.6 Å². The molecule has 0 fully saturated rings. The van der Waals surface area contributed by atoms with E-state index in [9.17, 15) is 28.8 Å². The first-order chi connectivity index (χ1) is 45.8. The van der Waals surface area contributed by atoms with E-state index in [-0.39, 0.29) is 53.5 Å². The van der Waals surface area contributed by atoms with Crippen LogP contribution in [-0.4, -0.2) is 337 Å². The molecule has 4 aromatic rings. The summed E-state index contributed by atoms with van der Waals surface area (Å²) in [6.45, 7) is 16.1. The molecule has 6 heterocycles. The lowest BCUT2D eigenvalue weighted by Crippen LogP contribution is -2.74. The number of hydrogen-bond donors (Lipinski definition) is 8. The number of ketones is 1. The SMILES string of the molecule is Cc1cc(C(=O)N[C@@H](CCC(=O)OC(C)(C)C)C(=O)C(C)(C)C)sc1CC[C@@H]1CNc2nc(N)[nH]c(=O)c2C1.Cc1cc(C(=O)O)sc1CC[C@@H]1CNc2nc(N)[nH]c(=O)c2C1.[B]B([B])B([B]B(B([B])[B])B(B([B])[B])B([B])[B])B([B])[B].[B][B]B(B([B])[B])B([B]B(B([B])[B])B([B])[B])B([B])[B]. The molecule has 2 aliphatic rings. The van der Waals surface area contributed by atoms with E-state index < -0.39 is 125 Å². The molecule has 17 nitrogen and oxygen atoms in total. The molecule has 447 valence electrons. The fourth-order valence-corrected chi connectivity index (χ4v) is 13.4. The van der Waals surface area contributed by atoms with Crippen LogP contribution in [0.1, 0.15) is 119 Å². The topological polar surface area (TPSA) is 277 Å². The molecule has 2 aliphatic heterocycles. The van der Waals surface area contributed by atoms with Gasteiger partial charge >= 0.3 is 11.9 Å². The van der Waals surface area contributed by atoms with Gasteiger partial charge in [-0.05, 0) is 115 Å². The van der Waals surface area contributed by atoms with Crippen LogP contribution in [0.3, 0.4) is 0 Å². The lowest BCUT2D eigenvalue weighted by atomic mass is 8.46. The molecule has 4 aromatic heterocycles. The third kappa shape index (κ3) is 29.4. The Balaban J connectivity index is 0.000000365. The minimum absolute atomic E-state index is 0.0300. The van der Waals surface area contributed by atoms with Gasteiger partial charge in [-0.1, -0.05) is 20.8 Å². The van der Waals surface area contributed by atoms with Crippen molar-refractivity contribution in [1.82, 2.24) is 25.3 Å². The second kappa shape index (κ2) is 41.5. The number of hydrogen-bond acceptors (Lipinski definition) is 15. The molecule has 56 heteroatoms. The number of rotatable bonds is 29. The van der Waals surface area contributed by atoms with E-state index in [4.69, 9.17) is 168 Å². The van der Waals surface area contributed by atoms with Gasteiger partial charge in [0.05, 0.1) is 22.0 Å². The number of carbonyl (C=O) groups excluding carboxylic acids is 3. The lowest BCUT2D eigenvalue weighted by Gasteiger charge is -2.35. The summed E-state index contributed by atoms with van der Waals surface area (Å²) < 4.78 is 5.38. The van der Waals surface area contributed by atoms with Crippen molar-refractivity contribution >= 4 is 334 Å². The summed E-state index contributed by atoms with van der Waals surface area (Å²) in [5.74, 6) is 0.137. The largest absolute Gasteiger partial charge is 0.477 e. The molecule has 41 radical (unpaired) electrons. The number of ether oxygens (including phenoxy) is 1. The average Bonchev–Trinajstić information content (AvgIpc) is 1.25. The highest BCUT2D eigenvalue weighted by Gasteiger charge is 2.39. The van der Waals surface area contributed by atoms with Gasteiger partial charge in [0.1, 0.15) is 22.1 Å². The molecule has 0 saturated heterocycles. The molecular weight excluding hydrogens is 1230 g/mol. The smallest absolute Gasteiger partial charge is 0.345 e. The van der Waals surface area contributed by atoms with Crippen molar-refractivity contribution in [2.24, 2.45) is 17.3 Å². The van der Waals surface area contributed by atoms with E-state index in [2.05, 4.69) is 35.9 Å². The standard InChI is InChI=1S/C28H41N5O5S.C15H18N4O3S.B19.B18/c1-15-12-20(25(37)31-18(22(35)27(2,3)4)9-11-21(34)38-28(5,6)7)39-19(15)10-8-16-13-17-23(30-14-16)32-26(29)33-24(17)36;1-7-4-11(14(21)22)23-10(7)3-2-8-5-9-12(17-6-8)18-15(16)19-13(9)20;1-12(2)17(13(3)4)11-18(14(5)6)19(15(7)8)16(9)10;1-10-16(12(2)3)18(15(8)9)11-17(13(4)5)14(6)7/h12,16,18H,8-11,13-14H2,1-7H3,(H,31,37)(H4,29,30,32,33,36);4,8H,2-3,5-6H2,1H3,(H,21,22)(H4,16,17,18,19,20);;/t16-,18-;8-;;/m00../s1. The quantitative estimate of drug-likeness (QED) is 0.0186. The van der Waals surface area contributed by atoms with Crippen LogP contribution in [0.5, 0.6) is 0 Å². The minimum Gasteiger partial charge on any atom is -0.477 e. The molecule has 1 amide bonds. The Bertz CT molecular complexity index is 3340. The van der Waals surface area contributed by atoms with Crippen molar-refractivity contribution in [1.29, 1.82) is 0 Å². The predicted molar refractivity (Wildman–Crippen MR) is 455 cm³/mol. The molecule has 10 N–H and O–H groups in total. The van der Waals surface area contributed by atoms with Gasteiger partial charge in [-0.3, -0.25) is 33.9 Å². The lowest BCUT2D eigenvalue weighted by molar-refractivity contribution is -0.155. The van der Waals surface area contributed by atoms with Crippen LogP contribution >= 0.6 is 22.7 Å². The van der Waals surface area contributed by atoms with Gasteiger partial charge in [-0.15, -0.1) is 22.7 Å². The Kier molecular flexibility index (Phi) is 37.8. The van der Waals surface area contributed by atoms with Gasteiger partial charge in [-0.25, -0.2) is 4.79 Å². The monoisotopic (exact) mass is 1300 g/mol. The minimum atomic E-state index is -0.882. The Hall–Kier alpha value is -3.16. The van der Waals surface area contributed by atoms with Gasteiger partial charge in [0.2, 0.25) is 11.9 Å². The van der Waals surface area contributed by atoms with Gasteiger partial charge in [-0.2, -0.15) is 9.97 Å². The van der Waals surface area contributed by atoms with Crippen molar-refractivity contribution in [3.63, 3.8) is 0 Å². The van der Waals surface area contributed by atoms with Crippen molar-refractivity contribution in [2.45, 2.75) is 118 Å². The molecule has 99 heavy (non-hydrogen) atoms. The maximum absolute atomic E-state index is 13.2. The van der Waals surface area contributed by atoms with Crippen molar-refractivity contribution < 1.29 is 29.0 Å². The molecule has 3 atom stereocenters. The second-order valence-corrected chi connectivity index (χ2v) is 29.6. The fourth-order valence-electron chi connectivity index (χ4n) is 11.3. The van der Waals surface area contributed by atoms with Crippen LogP contribution < -0.4 is 38.5 Å². The van der Waals surface area contributed by atoms with Crippen LogP contribution in [0.25, 0.3) is 0 Å². The maximum atomic E-state index is 13.2. The highest BCUT2D eigenvalue weighted by molar-refractivity contribution is 8.13. The number of nitrogens with two attached hydrogens (primary N) is 2. The summed E-state index contributed by atoms with van der Waals surface area (Å²) in [5.41, 5.74) is 12.8. The molecule has 0 bridgehead atoms. The first kappa shape index (κ1) is 90.1. The highest BCUT2D eigenvalue weighted by Crippen LogP contribution is 2.30. The number of aromatic nitrogens is 4. The number of H-pyrrole nitrogens is 2. The molecule has 6 rings (SSSR count). The number of amides is 1. The average molecular weight is 1290 g/mol. The van der Waals surface area contributed by atoms with Crippen LogP contribution in [0.15, 0.2) is 21.7 Å².